The number of hydrogen-bond donors (Lipinski definition) is 3. The number of carbonyl (C=O) groups is 1. The van der Waals surface area contributed by atoms with Crippen molar-refractivity contribution >= 4 is 34.0 Å². The predicted octanol–water partition coefficient (Wildman–Crippen LogP) is 4.49. The molecule has 2 aromatic carbocycles. The molecule has 0 aliphatic heterocycles. The lowest BCUT2D eigenvalue weighted by Crippen LogP contribution is -2.37. The lowest BCUT2D eigenvalue weighted by atomic mass is 10.2. The normalized spacial score (nSPS) is 13.7. The number of hydrogen-bond acceptors (Lipinski definition) is 8. The van der Waals surface area contributed by atoms with Gasteiger partial charge in [-0.3, -0.25) is 14.4 Å². The van der Waals surface area contributed by atoms with Crippen LogP contribution in [0.5, 0.6) is 5.75 Å². The number of nitrogens with zero attached hydrogens (tertiary/aromatic N) is 5. The van der Waals surface area contributed by atoms with E-state index in [1.54, 1.807) is 6.20 Å². The number of amides is 1. The van der Waals surface area contributed by atoms with Crippen molar-refractivity contribution in [1.29, 1.82) is 0 Å². The fraction of sp³-hybridized carbons (Fsp3) is 0.379. The zero-order valence-electron chi connectivity index (χ0n) is 22.6. The van der Waals surface area contributed by atoms with E-state index < -0.39 is 17.5 Å². The van der Waals surface area contributed by atoms with Crippen LogP contribution in [0.25, 0.3) is 10.9 Å². The Hall–Kier alpha value is -4.16. The lowest BCUT2D eigenvalue weighted by molar-refractivity contribution is -0.116. The summed E-state index contributed by atoms with van der Waals surface area (Å²) in [6, 6.07) is 9.79. The van der Waals surface area contributed by atoms with Gasteiger partial charge in [-0.15, -0.1) is 0 Å². The summed E-state index contributed by atoms with van der Waals surface area (Å²) in [6.45, 7) is 2.22. The molecule has 1 saturated carbocycles. The van der Waals surface area contributed by atoms with Crippen molar-refractivity contribution < 1.29 is 23.4 Å². The third-order valence-electron chi connectivity index (χ3n) is 7.13. The number of nitrogens with one attached hydrogen (secondary N) is 2. The number of aliphatic hydroxyl groups excluding tert-OH is 1. The minimum atomic E-state index is -1.11. The third-order valence-corrected chi connectivity index (χ3v) is 7.13. The molecule has 1 aliphatic rings. The van der Waals surface area contributed by atoms with Gasteiger partial charge in [-0.25, -0.2) is 18.7 Å². The molecule has 0 saturated heterocycles. The minimum Gasteiger partial charge on any atom is -0.492 e. The summed E-state index contributed by atoms with van der Waals surface area (Å²) in [7, 11) is 0. The van der Waals surface area contributed by atoms with Crippen LogP contribution in [0.15, 0.2) is 55.1 Å². The van der Waals surface area contributed by atoms with Crippen molar-refractivity contribution in [3.8, 4) is 5.75 Å². The maximum atomic E-state index is 13.8. The highest BCUT2D eigenvalue weighted by molar-refractivity contribution is 5.92. The molecule has 10 nitrogen and oxygen atoms in total. The lowest BCUT2D eigenvalue weighted by Gasteiger charge is -2.28. The van der Waals surface area contributed by atoms with Gasteiger partial charge in [0.15, 0.2) is 11.6 Å². The Morgan fingerprint density at radius 2 is 2.00 bits per heavy atom. The molecule has 3 N–H and O–H groups in total. The largest absolute Gasteiger partial charge is 0.492 e. The number of ether oxygens (including phenoxy) is 1. The molecule has 0 atom stereocenters. The average Bonchev–Trinajstić information content (AvgIpc) is 3.66. The number of halogens is 2. The van der Waals surface area contributed by atoms with Gasteiger partial charge in [0.25, 0.3) is 0 Å². The Kier molecular flexibility index (Phi) is 9.32. The van der Waals surface area contributed by atoms with Gasteiger partial charge >= 0.3 is 0 Å². The van der Waals surface area contributed by atoms with E-state index in [-0.39, 0.29) is 18.8 Å². The molecule has 4 aromatic rings. The first kappa shape index (κ1) is 28.4. The highest BCUT2D eigenvalue weighted by Gasteiger charge is 2.22. The Morgan fingerprint density at radius 1 is 1.15 bits per heavy atom. The molecule has 2 aromatic heterocycles. The summed E-state index contributed by atoms with van der Waals surface area (Å²) >= 11 is 0. The van der Waals surface area contributed by atoms with Crippen LogP contribution < -0.4 is 15.4 Å². The number of benzene rings is 2. The first-order valence-electron chi connectivity index (χ1n) is 13.8. The molecular weight excluding hydrogens is 532 g/mol. The van der Waals surface area contributed by atoms with Gasteiger partial charge in [0.2, 0.25) is 5.91 Å². The number of anilines is 3. The van der Waals surface area contributed by atoms with Crippen molar-refractivity contribution in [2.24, 2.45) is 0 Å². The molecule has 41 heavy (non-hydrogen) atoms. The van der Waals surface area contributed by atoms with Crippen LogP contribution in [0.3, 0.4) is 0 Å². The second kappa shape index (κ2) is 13.5. The first-order chi connectivity index (χ1) is 20.0. The van der Waals surface area contributed by atoms with Crippen LogP contribution in [-0.2, 0) is 11.3 Å². The van der Waals surface area contributed by atoms with Crippen LogP contribution in [0.1, 0.15) is 32.1 Å². The summed E-state index contributed by atoms with van der Waals surface area (Å²) in [5.74, 6) is -1.43. The zero-order chi connectivity index (χ0) is 28.6. The van der Waals surface area contributed by atoms with Crippen LogP contribution in [0, 0.1) is 11.6 Å². The second-order valence-electron chi connectivity index (χ2n) is 10.0. The molecule has 0 bridgehead atoms. The quantitative estimate of drug-likeness (QED) is 0.217. The second-order valence-corrected chi connectivity index (χ2v) is 10.0. The van der Waals surface area contributed by atoms with E-state index >= 15 is 0 Å². The van der Waals surface area contributed by atoms with Gasteiger partial charge < -0.3 is 20.5 Å². The van der Waals surface area contributed by atoms with E-state index in [0.717, 1.165) is 31.0 Å². The zero-order valence-corrected chi connectivity index (χ0v) is 22.6. The molecular formula is C29H33F2N7O3. The SMILES string of the molecule is O=C(Cn1cc(Nc2ncnc3cc(OCCN(CCCO)C4CCCC4)ccc23)cn1)Nc1cccc(F)c1F. The Morgan fingerprint density at radius 3 is 2.83 bits per heavy atom. The van der Waals surface area contributed by atoms with Crippen LogP contribution in [0.4, 0.5) is 26.0 Å². The summed E-state index contributed by atoms with van der Waals surface area (Å²) in [5.41, 5.74) is 1.06. The standard InChI is InChI=1S/C29H33F2N7O3/c30-24-7-3-8-25(28(24)31)36-27(40)18-38-17-20(16-34-38)35-29-23-10-9-22(15-26(23)32-19-33-29)41-14-12-37(11-4-13-39)21-5-1-2-6-21/h3,7-10,15-17,19,21,39H,1-2,4-6,11-14,18H2,(H,36,40)(H,32,33,35). The number of aliphatic hydroxyl groups is 1. The number of carbonyl (C=O) groups excluding carboxylic acids is 1. The Bertz CT molecular complexity index is 1480. The molecule has 216 valence electrons. The van der Waals surface area contributed by atoms with E-state index in [1.807, 2.05) is 18.2 Å². The maximum Gasteiger partial charge on any atom is 0.246 e. The molecule has 1 aliphatic carbocycles. The summed E-state index contributed by atoms with van der Waals surface area (Å²) in [5, 5.41) is 19.8. The molecule has 1 fully saturated rings. The highest BCUT2D eigenvalue weighted by atomic mass is 19.2. The topological polar surface area (TPSA) is 117 Å². The number of fused-ring (bicyclic) bond motifs is 1. The smallest absolute Gasteiger partial charge is 0.246 e. The molecule has 12 heteroatoms. The monoisotopic (exact) mass is 565 g/mol. The van der Waals surface area contributed by atoms with Gasteiger partial charge in [0.05, 0.1) is 23.1 Å². The molecule has 0 unspecified atom stereocenters. The van der Waals surface area contributed by atoms with E-state index in [0.29, 0.717) is 35.4 Å². The van der Waals surface area contributed by atoms with Crippen LogP contribution >= 0.6 is 0 Å². The van der Waals surface area contributed by atoms with Crippen LogP contribution in [-0.4, -0.2) is 68.0 Å². The van der Waals surface area contributed by atoms with Crippen LogP contribution in [0.2, 0.25) is 0 Å². The number of aromatic nitrogens is 4. The van der Waals surface area contributed by atoms with Gasteiger partial charge in [0, 0.05) is 43.4 Å². The molecule has 2 heterocycles. The van der Waals surface area contributed by atoms with Crippen molar-refractivity contribution in [2.75, 3.05) is 36.9 Å². The Balaban J connectivity index is 1.18. The van der Waals surface area contributed by atoms with Crippen molar-refractivity contribution in [1.82, 2.24) is 24.6 Å². The average molecular weight is 566 g/mol. The Labute approximate surface area is 236 Å². The molecule has 5 rings (SSSR count). The summed E-state index contributed by atoms with van der Waals surface area (Å²) in [6.07, 6.45) is 10.3. The molecule has 0 spiro atoms. The summed E-state index contributed by atoms with van der Waals surface area (Å²) in [4.78, 5) is 23.5. The predicted molar refractivity (Wildman–Crippen MR) is 151 cm³/mol. The van der Waals surface area contributed by atoms with E-state index in [4.69, 9.17) is 4.74 Å². The van der Waals surface area contributed by atoms with E-state index in [2.05, 4.69) is 30.6 Å². The molecule has 0 radical (unpaired) electrons. The minimum absolute atomic E-state index is 0.193. The van der Waals surface area contributed by atoms with E-state index in [9.17, 15) is 18.7 Å². The van der Waals surface area contributed by atoms with Gasteiger partial charge in [0.1, 0.15) is 31.0 Å². The maximum absolute atomic E-state index is 13.8. The fourth-order valence-corrected chi connectivity index (χ4v) is 5.12. The van der Waals surface area contributed by atoms with Crippen molar-refractivity contribution in [2.45, 2.75) is 44.7 Å². The van der Waals surface area contributed by atoms with E-state index in [1.165, 1.54) is 55.0 Å². The van der Waals surface area contributed by atoms with Gasteiger partial charge in [-0.05, 0) is 43.5 Å². The summed E-state index contributed by atoms with van der Waals surface area (Å²) < 4.78 is 34.7. The molecule has 1 amide bonds. The van der Waals surface area contributed by atoms with Crippen molar-refractivity contribution in [3.05, 3.63) is 66.8 Å². The third kappa shape index (κ3) is 7.33. The first-order valence-corrected chi connectivity index (χ1v) is 13.8. The number of rotatable bonds is 13. The fourth-order valence-electron chi connectivity index (χ4n) is 5.12. The van der Waals surface area contributed by atoms with Crippen molar-refractivity contribution in [3.63, 3.8) is 0 Å². The van der Waals surface area contributed by atoms with Gasteiger partial charge in [-0.2, -0.15) is 5.10 Å². The highest BCUT2D eigenvalue weighted by Crippen LogP contribution is 2.27. The van der Waals surface area contributed by atoms with Gasteiger partial charge in [-0.1, -0.05) is 18.9 Å².